The second-order valence-corrected chi connectivity index (χ2v) is 7.74. The van der Waals surface area contributed by atoms with Gasteiger partial charge < -0.3 is 14.8 Å². The topological polar surface area (TPSA) is 65.4 Å². The zero-order valence-corrected chi connectivity index (χ0v) is 17.3. The molecule has 0 aliphatic rings. The van der Waals surface area contributed by atoms with Gasteiger partial charge >= 0.3 is 0 Å². The smallest absolute Gasteiger partial charge is 0.269 e. The van der Waals surface area contributed by atoms with Gasteiger partial charge in [-0.15, -0.1) is 0 Å². The van der Waals surface area contributed by atoms with Crippen LogP contribution < -0.4 is 10.1 Å². The summed E-state index contributed by atoms with van der Waals surface area (Å²) >= 11 is 0. The van der Waals surface area contributed by atoms with Crippen molar-refractivity contribution in [3.63, 3.8) is 0 Å². The van der Waals surface area contributed by atoms with E-state index in [4.69, 9.17) is 9.47 Å². The van der Waals surface area contributed by atoms with Crippen LogP contribution in [0.25, 0.3) is 0 Å². The summed E-state index contributed by atoms with van der Waals surface area (Å²) < 4.78 is 12.5. The molecule has 1 N–H and O–H groups in total. The number of carbonyl (C=O) groups excluding carboxylic acids is 1. The van der Waals surface area contributed by atoms with E-state index in [9.17, 15) is 4.79 Å². The summed E-state index contributed by atoms with van der Waals surface area (Å²) in [5.74, 6) is 0.691. The number of methoxy groups -OCH3 is 1. The quantitative estimate of drug-likeness (QED) is 0.723. The van der Waals surface area contributed by atoms with Gasteiger partial charge in [0.25, 0.3) is 5.91 Å². The summed E-state index contributed by atoms with van der Waals surface area (Å²) in [4.78, 5) is 12.4. The number of carbonyl (C=O) groups is 1. The number of nitrogens with one attached hydrogen (secondary N) is 1. The molecule has 0 fully saturated rings. The first-order chi connectivity index (χ1) is 12.7. The van der Waals surface area contributed by atoms with E-state index < -0.39 is 0 Å². The minimum Gasteiger partial charge on any atom is -0.491 e. The molecule has 2 aromatic rings. The molecular formula is C21H31N3O3. The van der Waals surface area contributed by atoms with E-state index in [0.717, 1.165) is 23.4 Å². The largest absolute Gasteiger partial charge is 0.491 e. The maximum atomic E-state index is 12.4. The zero-order valence-electron chi connectivity index (χ0n) is 17.3. The number of amides is 1. The van der Waals surface area contributed by atoms with Crippen LogP contribution in [-0.4, -0.2) is 42.6 Å². The molecule has 0 atom stereocenters. The van der Waals surface area contributed by atoms with Crippen LogP contribution in [0.15, 0.2) is 24.3 Å². The molecule has 0 aliphatic carbocycles. The maximum absolute atomic E-state index is 12.4. The minimum absolute atomic E-state index is 0.0909. The van der Waals surface area contributed by atoms with Crippen LogP contribution in [0.4, 0.5) is 0 Å². The lowest BCUT2D eigenvalue weighted by atomic mass is 9.92. The SMILES string of the molecule is COCCc1ccc(OCCNC(=O)c2cc(C(C)(C)C)nn2C)c(C)c1. The normalized spacial score (nSPS) is 11.5. The number of aryl methyl sites for hydroxylation is 2. The van der Waals surface area contributed by atoms with E-state index in [0.29, 0.717) is 25.5 Å². The van der Waals surface area contributed by atoms with Gasteiger partial charge in [-0.3, -0.25) is 9.48 Å². The van der Waals surface area contributed by atoms with E-state index >= 15 is 0 Å². The first kappa shape index (κ1) is 21.0. The van der Waals surface area contributed by atoms with Crippen LogP contribution in [0, 0.1) is 6.92 Å². The monoisotopic (exact) mass is 373 g/mol. The fourth-order valence-electron chi connectivity index (χ4n) is 2.71. The first-order valence-electron chi connectivity index (χ1n) is 9.26. The molecule has 27 heavy (non-hydrogen) atoms. The number of nitrogens with zero attached hydrogens (tertiary/aromatic N) is 2. The fraction of sp³-hybridized carbons (Fsp3) is 0.524. The van der Waals surface area contributed by atoms with Gasteiger partial charge in [-0.2, -0.15) is 5.10 Å². The van der Waals surface area contributed by atoms with Gasteiger partial charge in [0.15, 0.2) is 0 Å². The Balaban J connectivity index is 1.85. The van der Waals surface area contributed by atoms with Crippen molar-refractivity contribution in [2.24, 2.45) is 7.05 Å². The van der Waals surface area contributed by atoms with Crippen LogP contribution in [-0.2, 0) is 23.6 Å². The zero-order chi connectivity index (χ0) is 20.0. The summed E-state index contributed by atoms with van der Waals surface area (Å²) in [7, 11) is 3.49. The van der Waals surface area contributed by atoms with Gasteiger partial charge in [-0.05, 0) is 36.6 Å². The van der Waals surface area contributed by atoms with Gasteiger partial charge in [0.1, 0.15) is 18.1 Å². The Labute approximate surface area is 161 Å². The van der Waals surface area contributed by atoms with Crippen molar-refractivity contribution in [1.29, 1.82) is 0 Å². The van der Waals surface area contributed by atoms with Crippen LogP contribution in [0.3, 0.4) is 0 Å². The third-order valence-electron chi connectivity index (χ3n) is 4.36. The highest BCUT2D eigenvalue weighted by molar-refractivity contribution is 5.92. The molecule has 1 heterocycles. The van der Waals surface area contributed by atoms with Gasteiger partial charge in [-0.1, -0.05) is 32.9 Å². The Morgan fingerprint density at radius 1 is 1.22 bits per heavy atom. The molecule has 0 radical (unpaired) electrons. The summed E-state index contributed by atoms with van der Waals surface area (Å²) in [6.07, 6.45) is 0.884. The summed E-state index contributed by atoms with van der Waals surface area (Å²) in [5, 5.41) is 7.33. The van der Waals surface area contributed by atoms with Crippen molar-refractivity contribution in [3.8, 4) is 5.75 Å². The average molecular weight is 373 g/mol. The van der Waals surface area contributed by atoms with Crippen LogP contribution in [0.5, 0.6) is 5.75 Å². The first-order valence-corrected chi connectivity index (χ1v) is 9.26. The number of hydrogen-bond acceptors (Lipinski definition) is 4. The molecule has 0 unspecified atom stereocenters. The Morgan fingerprint density at radius 2 is 1.96 bits per heavy atom. The van der Waals surface area contributed by atoms with Crippen molar-refractivity contribution in [2.75, 3.05) is 26.9 Å². The lowest BCUT2D eigenvalue weighted by Gasteiger charge is -2.13. The number of rotatable bonds is 8. The standard InChI is InChI=1S/C21H31N3O3/c1-15-13-16(9-11-26-6)7-8-18(15)27-12-10-22-20(25)17-14-19(21(2,3)4)23-24(17)5/h7-8,13-14H,9-12H2,1-6H3,(H,22,25). The molecule has 0 saturated heterocycles. The van der Waals surface area contributed by atoms with Crippen LogP contribution >= 0.6 is 0 Å². The number of hydrogen-bond donors (Lipinski definition) is 1. The van der Waals surface area contributed by atoms with E-state index in [1.165, 1.54) is 5.56 Å². The molecule has 6 heteroatoms. The molecule has 1 amide bonds. The third-order valence-corrected chi connectivity index (χ3v) is 4.36. The van der Waals surface area contributed by atoms with Crippen LogP contribution in [0.1, 0.15) is 48.1 Å². The van der Waals surface area contributed by atoms with Crippen molar-refractivity contribution in [2.45, 2.75) is 39.5 Å². The minimum atomic E-state index is -0.143. The molecule has 0 aliphatic heterocycles. The molecule has 2 rings (SSSR count). The van der Waals surface area contributed by atoms with Gasteiger partial charge in [-0.25, -0.2) is 0 Å². The molecule has 148 valence electrons. The molecule has 1 aromatic carbocycles. The van der Waals surface area contributed by atoms with Gasteiger partial charge in [0, 0.05) is 19.6 Å². The summed E-state index contributed by atoms with van der Waals surface area (Å²) in [6.45, 7) is 9.80. The highest BCUT2D eigenvalue weighted by atomic mass is 16.5. The molecular weight excluding hydrogens is 342 g/mol. The third kappa shape index (κ3) is 5.82. The lowest BCUT2D eigenvalue weighted by Crippen LogP contribution is -2.29. The maximum Gasteiger partial charge on any atom is 0.269 e. The second kappa shape index (κ2) is 9.04. The van der Waals surface area contributed by atoms with Gasteiger partial charge in [0.2, 0.25) is 0 Å². The van der Waals surface area contributed by atoms with Crippen molar-refractivity contribution in [3.05, 3.63) is 46.8 Å². The Kier molecular flexibility index (Phi) is 7.02. The predicted octanol–water partition coefficient (Wildman–Crippen LogP) is 3.02. The lowest BCUT2D eigenvalue weighted by molar-refractivity contribution is 0.0937. The molecule has 1 aromatic heterocycles. The van der Waals surface area contributed by atoms with E-state index in [2.05, 4.69) is 37.3 Å². The number of benzene rings is 1. The van der Waals surface area contributed by atoms with Crippen LogP contribution in [0.2, 0.25) is 0 Å². The highest BCUT2D eigenvalue weighted by Gasteiger charge is 2.21. The summed E-state index contributed by atoms with van der Waals surface area (Å²) in [6, 6.07) is 7.97. The molecule has 0 bridgehead atoms. The second-order valence-electron chi connectivity index (χ2n) is 7.74. The Hall–Kier alpha value is -2.34. The Bertz CT molecular complexity index is 775. The Morgan fingerprint density at radius 3 is 2.56 bits per heavy atom. The van der Waals surface area contributed by atoms with Crippen molar-refractivity contribution < 1.29 is 14.3 Å². The number of ether oxygens (including phenoxy) is 2. The van der Waals surface area contributed by atoms with Crippen molar-refractivity contribution in [1.82, 2.24) is 15.1 Å². The van der Waals surface area contributed by atoms with E-state index in [1.807, 2.05) is 25.1 Å². The molecule has 0 saturated carbocycles. The predicted molar refractivity (Wildman–Crippen MR) is 106 cm³/mol. The highest BCUT2D eigenvalue weighted by Crippen LogP contribution is 2.21. The van der Waals surface area contributed by atoms with Crippen molar-refractivity contribution >= 4 is 5.91 Å². The van der Waals surface area contributed by atoms with E-state index in [-0.39, 0.29) is 11.3 Å². The van der Waals surface area contributed by atoms with E-state index in [1.54, 1.807) is 18.8 Å². The number of aromatic nitrogens is 2. The summed E-state index contributed by atoms with van der Waals surface area (Å²) in [5.41, 5.74) is 3.67. The van der Waals surface area contributed by atoms with Gasteiger partial charge in [0.05, 0.1) is 18.8 Å². The average Bonchev–Trinajstić information content (AvgIpc) is 3.00. The molecule has 0 spiro atoms. The molecule has 6 nitrogen and oxygen atoms in total. The fourth-order valence-corrected chi connectivity index (χ4v) is 2.71.